The van der Waals surface area contributed by atoms with Crippen molar-refractivity contribution in [1.29, 1.82) is 0 Å². The fourth-order valence-corrected chi connectivity index (χ4v) is 2.21. The van der Waals surface area contributed by atoms with Crippen molar-refractivity contribution in [3.8, 4) is 0 Å². The summed E-state index contributed by atoms with van der Waals surface area (Å²) in [5.74, 6) is -0.210. The van der Waals surface area contributed by atoms with Gasteiger partial charge in [-0.15, -0.1) is 0 Å². The molecule has 21 heavy (non-hydrogen) atoms. The number of hydrogen-bond acceptors (Lipinski definition) is 3. The van der Waals surface area contributed by atoms with Crippen LogP contribution < -0.4 is 4.90 Å². The van der Waals surface area contributed by atoms with Gasteiger partial charge in [0.1, 0.15) is 0 Å². The minimum atomic E-state index is -0.210. The van der Waals surface area contributed by atoms with Crippen LogP contribution in [0.25, 0.3) is 0 Å². The fraction of sp³-hybridized carbons (Fsp3) is 0.278. The third kappa shape index (κ3) is 4.95. The Morgan fingerprint density at radius 1 is 0.905 bits per heavy atom. The highest BCUT2D eigenvalue weighted by atomic mass is 16.5. The number of anilines is 2. The number of unbranched alkanes of at least 4 members (excludes halogenated alkanes) is 1. The zero-order valence-electron chi connectivity index (χ0n) is 12.4. The molecule has 0 N–H and O–H groups in total. The molecule has 0 amide bonds. The normalized spacial score (nSPS) is 10.1. The summed E-state index contributed by atoms with van der Waals surface area (Å²) in [4.78, 5) is 13.0. The second-order valence-corrected chi connectivity index (χ2v) is 4.87. The molecule has 110 valence electrons. The summed E-state index contributed by atoms with van der Waals surface area (Å²) in [6.45, 7) is 2.84. The highest BCUT2D eigenvalue weighted by Crippen LogP contribution is 2.25. The van der Waals surface area contributed by atoms with Crippen LogP contribution in [0, 0.1) is 0 Å². The molecule has 2 aromatic rings. The van der Waals surface area contributed by atoms with Crippen molar-refractivity contribution in [2.45, 2.75) is 19.8 Å². The number of benzene rings is 2. The Bertz CT molecular complexity index is 500. The monoisotopic (exact) mass is 283 g/mol. The molecule has 2 rings (SSSR count). The molecule has 3 nitrogen and oxygen atoms in total. The molecule has 0 radical (unpaired) electrons. The molecule has 0 aromatic heterocycles. The highest BCUT2D eigenvalue weighted by molar-refractivity contribution is 5.65. The van der Waals surface area contributed by atoms with Gasteiger partial charge in [0.25, 0.3) is 0 Å². The number of para-hydroxylation sites is 2. The molecule has 0 saturated carbocycles. The SMILES string of the molecule is CC(=O)OCCCCN(c1ccccc1)c1ccccc1. The maximum absolute atomic E-state index is 10.8. The van der Waals surface area contributed by atoms with Crippen molar-refractivity contribution in [1.82, 2.24) is 0 Å². The summed E-state index contributed by atoms with van der Waals surface area (Å²) in [5.41, 5.74) is 2.35. The maximum Gasteiger partial charge on any atom is 0.302 e. The van der Waals surface area contributed by atoms with E-state index in [9.17, 15) is 4.79 Å². The molecule has 0 aliphatic heterocycles. The third-order valence-electron chi connectivity index (χ3n) is 3.22. The zero-order chi connectivity index (χ0) is 14.9. The van der Waals surface area contributed by atoms with Gasteiger partial charge in [-0.3, -0.25) is 4.79 Å². The molecule has 0 heterocycles. The van der Waals surface area contributed by atoms with Crippen LogP contribution in [0.5, 0.6) is 0 Å². The molecule has 2 aromatic carbocycles. The Labute approximate surface area is 126 Å². The maximum atomic E-state index is 10.8. The van der Waals surface area contributed by atoms with Crippen LogP contribution in [0.1, 0.15) is 19.8 Å². The van der Waals surface area contributed by atoms with Crippen molar-refractivity contribution in [3.05, 3.63) is 60.7 Å². The summed E-state index contributed by atoms with van der Waals surface area (Å²) >= 11 is 0. The Kier molecular flexibility index (Phi) is 5.83. The predicted molar refractivity (Wildman–Crippen MR) is 85.8 cm³/mol. The van der Waals surface area contributed by atoms with Crippen molar-refractivity contribution in [2.75, 3.05) is 18.1 Å². The van der Waals surface area contributed by atoms with Crippen LogP contribution in [-0.4, -0.2) is 19.1 Å². The number of nitrogens with zero attached hydrogens (tertiary/aromatic N) is 1. The predicted octanol–water partition coefficient (Wildman–Crippen LogP) is 4.17. The topological polar surface area (TPSA) is 29.5 Å². The second kappa shape index (κ2) is 8.10. The van der Waals surface area contributed by atoms with E-state index in [1.165, 1.54) is 18.3 Å². The van der Waals surface area contributed by atoms with E-state index in [2.05, 4.69) is 29.2 Å². The smallest absolute Gasteiger partial charge is 0.302 e. The van der Waals surface area contributed by atoms with E-state index in [4.69, 9.17) is 4.74 Å². The fourth-order valence-electron chi connectivity index (χ4n) is 2.21. The van der Waals surface area contributed by atoms with Gasteiger partial charge >= 0.3 is 5.97 Å². The number of carbonyl (C=O) groups is 1. The van der Waals surface area contributed by atoms with Gasteiger partial charge in [0.15, 0.2) is 0 Å². The number of rotatable bonds is 7. The van der Waals surface area contributed by atoms with E-state index in [-0.39, 0.29) is 5.97 Å². The lowest BCUT2D eigenvalue weighted by atomic mass is 10.2. The van der Waals surface area contributed by atoms with Crippen molar-refractivity contribution in [2.24, 2.45) is 0 Å². The molecule has 3 heteroatoms. The standard InChI is InChI=1S/C18H21NO2/c1-16(20)21-15-9-8-14-19(17-10-4-2-5-11-17)18-12-6-3-7-13-18/h2-7,10-13H,8-9,14-15H2,1H3. The first kappa shape index (κ1) is 15.1. The zero-order valence-corrected chi connectivity index (χ0v) is 12.4. The van der Waals surface area contributed by atoms with Gasteiger partial charge in [-0.2, -0.15) is 0 Å². The van der Waals surface area contributed by atoms with E-state index in [1.807, 2.05) is 36.4 Å². The van der Waals surface area contributed by atoms with Gasteiger partial charge in [0.05, 0.1) is 6.61 Å². The molecule has 0 saturated heterocycles. The minimum Gasteiger partial charge on any atom is -0.466 e. The lowest BCUT2D eigenvalue weighted by molar-refractivity contribution is -0.141. The minimum absolute atomic E-state index is 0.210. The molecular formula is C18H21NO2. The van der Waals surface area contributed by atoms with Crippen molar-refractivity contribution in [3.63, 3.8) is 0 Å². The van der Waals surface area contributed by atoms with Crippen LogP contribution in [0.4, 0.5) is 11.4 Å². The van der Waals surface area contributed by atoms with Gasteiger partial charge in [-0.25, -0.2) is 0 Å². The Hall–Kier alpha value is -2.29. The first-order valence-corrected chi connectivity index (χ1v) is 7.28. The van der Waals surface area contributed by atoms with E-state index in [0.29, 0.717) is 6.61 Å². The molecule has 0 aliphatic rings. The number of carbonyl (C=O) groups excluding carboxylic acids is 1. The third-order valence-corrected chi connectivity index (χ3v) is 3.22. The highest BCUT2D eigenvalue weighted by Gasteiger charge is 2.08. The van der Waals surface area contributed by atoms with Crippen molar-refractivity contribution >= 4 is 17.3 Å². The van der Waals surface area contributed by atoms with Gasteiger partial charge in [0, 0.05) is 24.8 Å². The lowest BCUT2D eigenvalue weighted by Gasteiger charge is -2.25. The average Bonchev–Trinajstić information content (AvgIpc) is 2.52. The number of ether oxygens (including phenoxy) is 1. The van der Waals surface area contributed by atoms with E-state index in [1.54, 1.807) is 0 Å². The molecule has 0 fully saturated rings. The van der Waals surface area contributed by atoms with E-state index in [0.717, 1.165) is 19.4 Å². The molecule has 0 bridgehead atoms. The number of hydrogen-bond donors (Lipinski definition) is 0. The van der Waals surface area contributed by atoms with Crippen LogP contribution in [0.15, 0.2) is 60.7 Å². The first-order valence-electron chi connectivity index (χ1n) is 7.28. The quantitative estimate of drug-likeness (QED) is 0.564. The van der Waals surface area contributed by atoms with Crippen LogP contribution in [0.2, 0.25) is 0 Å². The summed E-state index contributed by atoms with van der Waals surface area (Å²) in [6.07, 6.45) is 1.84. The molecule has 0 aliphatic carbocycles. The molecule has 0 atom stereocenters. The summed E-state index contributed by atoms with van der Waals surface area (Å²) in [6, 6.07) is 20.7. The largest absolute Gasteiger partial charge is 0.466 e. The van der Waals surface area contributed by atoms with Crippen LogP contribution in [-0.2, 0) is 9.53 Å². The molecule has 0 spiro atoms. The van der Waals surface area contributed by atoms with Gasteiger partial charge < -0.3 is 9.64 Å². The van der Waals surface area contributed by atoms with Gasteiger partial charge in [-0.1, -0.05) is 36.4 Å². The van der Waals surface area contributed by atoms with Gasteiger partial charge in [0.2, 0.25) is 0 Å². The summed E-state index contributed by atoms with van der Waals surface area (Å²) in [7, 11) is 0. The Morgan fingerprint density at radius 2 is 1.43 bits per heavy atom. The average molecular weight is 283 g/mol. The summed E-state index contributed by atoms with van der Waals surface area (Å²) in [5, 5.41) is 0. The Morgan fingerprint density at radius 3 is 1.90 bits per heavy atom. The van der Waals surface area contributed by atoms with E-state index < -0.39 is 0 Å². The molecular weight excluding hydrogens is 262 g/mol. The van der Waals surface area contributed by atoms with Crippen LogP contribution >= 0.6 is 0 Å². The second-order valence-electron chi connectivity index (χ2n) is 4.87. The Balaban J connectivity index is 1.99. The van der Waals surface area contributed by atoms with E-state index >= 15 is 0 Å². The lowest BCUT2D eigenvalue weighted by Crippen LogP contribution is -2.18. The first-order chi connectivity index (χ1) is 10.3. The van der Waals surface area contributed by atoms with Crippen LogP contribution in [0.3, 0.4) is 0 Å². The van der Waals surface area contributed by atoms with Gasteiger partial charge in [-0.05, 0) is 37.1 Å². The number of esters is 1. The van der Waals surface area contributed by atoms with Crippen molar-refractivity contribution < 1.29 is 9.53 Å². The summed E-state index contributed by atoms with van der Waals surface area (Å²) < 4.78 is 4.98. The molecule has 0 unspecified atom stereocenters.